The third-order valence-electron chi connectivity index (χ3n) is 4.76. The monoisotopic (exact) mass is 268 g/mol. The number of nitrogens with two attached hydrogens (primary N) is 1. The topological polar surface area (TPSA) is 52.8 Å². The van der Waals surface area contributed by atoms with Gasteiger partial charge in [0, 0.05) is 25.2 Å². The largest absolute Gasteiger partial charge is 0.340 e. The Kier molecular flexibility index (Phi) is 5.19. The maximum atomic E-state index is 11.7. The number of carbonyl (C=O) groups is 1. The van der Waals surface area contributed by atoms with Crippen LogP contribution in [0.5, 0.6) is 0 Å². The van der Waals surface area contributed by atoms with Crippen LogP contribution in [0.25, 0.3) is 0 Å². The molecule has 1 unspecified atom stereocenters. The SMILES string of the molecule is CN1CCC(N(C)C2CCCN(C(=O)CN)C2)CC1. The van der Waals surface area contributed by atoms with E-state index >= 15 is 0 Å². The molecular weight excluding hydrogens is 240 g/mol. The maximum absolute atomic E-state index is 11.7. The van der Waals surface area contributed by atoms with Gasteiger partial charge in [0.15, 0.2) is 0 Å². The first-order valence-electron chi connectivity index (χ1n) is 7.50. The minimum absolute atomic E-state index is 0.0986. The van der Waals surface area contributed by atoms with E-state index in [4.69, 9.17) is 5.73 Å². The summed E-state index contributed by atoms with van der Waals surface area (Å²) in [7, 11) is 4.43. The number of amides is 1. The second-order valence-corrected chi connectivity index (χ2v) is 6.04. The molecule has 1 amide bonds. The second-order valence-electron chi connectivity index (χ2n) is 6.04. The van der Waals surface area contributed by atoms with Crippen molar-refractivity contribution in [3.63, 3.8) is 0 Å². The molecule has 19 heavy (non-hydrogen) atoms. The number of likely N-dealkylation sites (N-methyl/N-ethyl adjacent to an activating group) is 1. The van der Waals surface area contributed by atoms with E-state index in [1.165, 1.54) is 32.4 Å². The summed E-state index contributed by atoms with van der Waals surface area (Å²) in [5.41, 5.74) is 5.47. The fourth-order valence-electron chi connectivity index (χ4n) is 3.34. The van der Waals surface area contributed by atoms with Crippen molar-refractivity contribution in [1.29, 1.82) is 0 Å². The predicted octanol–water partition coefficient (Wildman–Crippen LogP) is -0.0379. The average molecular weight is 268 g/mol. The Bertz CT molecular complexity index is 302. The van der Waals surface area contributed by atoms with Gasteiger partial charge in [-0.05, 0) is 52.9 Å². The molecule has 0 aromatic carbocycles. The van der Waals surface area contributed by atoms with Gasteiger partial charge in [-0.15, -0.1) is 0 Å². The summed E-state index contributed by atoms with van der Waals surface area (Å²) >= 11 is 0. The lowest BCUT2D eigenvalue weighted by Crippen LogP contribution is -2.54. The first kappa shape index (κ1) is 14.8. The van der Waals surface area contributed by atoms with Crippen LogP contribution in [0.3, 0.4) is 0 Å². The van der Waals surface area contributed by atoms with Gasteiger partial charge in [-0.25, -0.2) is 0 Å². The van der Waals surface area contributed by atoms with Crippen molar-refractivity contribution in [2.45, 2.75) is 37.8 Å². The Hall–Kier alpha value is -0.650. The smallest absolute Gasteiger partial charge is 0.236 e. The standard InChI is InChI=1S/C14H28N4O/c1-16-8-5-12(6-9-16)17(2)13-4-3-7-18(11-13)14(19)10-15/h12-13H,3-11,15H2,1-2H3. The summed E-state index contributed by atoms with van der Waals surface area (Å²) in [4.78, 5) is 18.6. The molecule has 0 aliphatic carbocycles. The van der Waals surface area contributed by atoms with E-state index in [9.17, 15) is 4.79 Å². The molecule has 0 aromatic rings. The molecule has 2 aliphatic rings. The molecule has 5 nitrogen and oxygen atoms in total. The van der Waals surface area contributed by atoms with Gasteiger partial charge in [0.2, 0.25) is 5.91 Å². The summed E-state index contributed by atoms with van der Waals surface area (Å²) < 4.78 is 0. The summed E-state index contributed by atoms with van der Waals surface area (Å²) in [5, 5.41) is 0. The van der Waals surface area contributed by atoms with Gasteiger partial charge < -0.3 is 15.5 Å². The Balaban J connectivity index is 1.88. The zero-order valence-electron chi connectivity index (χ0n) is 12.3. The number of piperidine rings is 2. The highest BCUT2D eigenvalue weighted by atomic mass is 16.2. The fraction of sp³-hybridized carbons (Fsp3) is 0.929. The third kappa shape index (κ3) is 3.68. The van der Waals surface area contributed by atoms with Gasteiger partial charge in [-0.3, -0.25) is 9.69 Å². The Labute approximate surface area is 116 Å². The number of rotatable bonds is 3. The zero-order chi connectivity index (χ0) is 13.8. The van der Waals surface area contributed by atoms with Crippen LogP contribution in [-0.4, -0.2) is 79.5 Å². The molecule has 0 radical (unpaired) electrons. The number of nitrogens with zero attached hydrogens (tertiary/aromatic N) is 3. The maximum Gasteiger partial charge on any atom is 0.236 e. The molecule has 0 saturated carbocycles. The summed E-state index contributed by atoms with van der Waals surface area (Å²) in [6.45, 7) is 4.26. The molecule has 2 saturated heterocycles. The Morgan fingerprint density at radius 3 is 2.53 bits per heavy atom. The van der Waals surface area contributed by atoms with Crippen LogP contribution in [0, 0.1) is 0 Å². The second kappa shape index (κ2) is 6.68. The van der Waals surface area contributed by atoms with Crippen LogP contribution in [-0.2, 0) is 4.79 Å². The summed E-state index contributed by atoms with van der Waals surface area (Å²) in [6, 6.07) is 1.19. The quantitative estimate of drug-likeness (QED) is 0.780. The minimum Gasteiger partial charge on any atom is -0.340 e. The average Bonchev–Trinajstić information content (AvgIpc) is 2.46. The van der Waals surface area contributed by atoms with Crippen LogP contribution < -0.4 is 5.73 Å². The number of carbonyl (C=O) groups excluding carboxylic acids is 1. The fourth-order valence-corrected chi connectivity index (χ4v) is 3.34. The van der Waals surface area contributed by atoms with Crippen LogP contribution in [0.1, 0.15) is 25.7 Å². The van der Waals surface area contributed by atoms with Gasteiger partial charge in [0.05, 0.1) is 6.54 Å². The molecule has 2 N–H and O–H groups in total. The van der Waals surface area contributed by atoms with E-state index in [-0.39, 0.29) is 12.5 Å². The van der Waals surface area contributed by atoms with Crippen molar-refractivity contribution in [3.8, 4) is 0 Å². The normalized spacial score (nSPS) is 26.9. The van der Waals surface area contributed by atoms with E-state index in [1.54, 1.807) is 0 Å². The van der Waals surface area contributed by atoms with Crippen molar-refractivity contribution in [2.75, 3.05) is 46.8 Å². The van der Waals surface area contributed by atoms with Gasteiger partial charge >= 0.3 is 0 Å². The molecule has 5 heteroatoms. The highest BCUT2D eigenvalue weighted by molar-refractivity contribution is 5.78. The van der Waals surface area contributed by atoms with Gasteiger partial charge in [-0.1, -0.05) is 0 Å². The predicted molar refractivity (Wildman–Crippen MR) is 76.9 cm³/mol. The Morgan fingerprint density at radius 2 is 1.89 bits per heavy atom. The molecule has 0 aromatic heterocycles. The highest BCUT2D eigenvalue weighted by Gasteiger charge is 2.30. The zero-order valence-corrected chi connectivity index (χ0v) is 12.3. The number of hydrogen-bond acceptors (Lipinski definition) is 4. The molecule has 1 atom stereocenters. The van der Waals surface area contributed by atoms with E-state index in [0.29, 0.717) is 12.1 Å². The molecule has 0 bridgehead atoms. The molecule has 2 rings (SSSR count). The number of likely N-dealkylation sites (tertiary alicyclic amines) is 2. The lowest BCUT2D eigenvalue weighted by Gasteiger charge is -2.43. The van der Waals surface area contributed by atoms with E-state index in [1.807, 2.05) is 4.90 Å². The minimum atomic E-state index is 0.0986. The summed E-state index contributed by atoms with van der Waals surface area (Å²) in [5.74, 6) is 0.0986. The van der Waals surface area contributed by atoms with Crippen molar-refractivity contribution in [3.05, 3.63) is 0 Å². The van der Waals surface area contributed by atoms with Crippen molar-refractivity contribution in [1.82, 2.24) is 14.7 Å². The Morgan fingerprint density at radius 1 is 1.21 bits per heavy atom. The van der Waals surface area contributed by atoms with Crippen molar-refractivity contribution in [2.24, 2.45) is 5.73 Å². The van der Waals surface area contributed by atoms with Gasteiger partial charge in [0.25, 0.3) is 0 Å². The number of hydrogen-bond donors (Lipinski definition) is 1. The van der Waals surface area contributed by atoms with Crippen molar-refractivity contribution < 1.29 is 4.79 Å². The highest BCUT2D eigenvalue weighted by Crippen LogP contribution is 2.21. The lowest BCUT2D eigenvalue weighted by molar-refractivity contribution is -0.132. The molecule has 2 heterocycles. The van der Waals surface area contributed by atoms with Crippen molar-refractivity contribution >= 4 is 5.91 Å². The van der Waals surface area contributed by atoms with E-state index < -0.39 is 0 Å². The molecule has 110 valence electrons. The van der Waals surface area contributed by atoms with E-state index in [2.05, 4.69) is 23.9 Å². The molecule has 2 fully saturated rings. The van der Waals surface area contributed by atoms with E-state index in [0.717, 1.165) is 19.5 Å². The molecule has 0 spiro atoms. The summed E-state index contributed by atoms with van der Waals surface area (Å²) in [6.07, 6.45) is 4.80. The lowest BCUT2D eigenvalue weighted by atomic mass is 9.98. The first-order chi connectivity index (χ1) is 9.11. The molecule has 2 aliphatic heterocycles. The molecular formula is C14H28N4O. The third-order valence-corrected chi connectivity index (χ3v) is 4.76. The van der Waals surface area contributed by atoms with Crippen LogP contribution in [0.4, 0.5) is 0 Å². The van der Waals surface area contributed by atoms with Crippen LogP contribution >= 0.6 is 0 Å². The first-order valence-corrected chi connectivity index (χ1v) is 7.50. The van der Waals surface area contributed by atoms with Gasteiger partial charge in [-0.2, -0.15) is 0 Å². The van der Waals surface area contributed by atoms with Gasteiger partial charge in [0.1, 0.15) is 0 Å². The van der Waals surface area contributed by atoms with Crippen LogP contribution in [0.2, 0.25) is 0 Å². The van der Waals surface area contributed by atoms with Crippen LogP contribution in [0.15, 0.2) is 0 Å².